The third-order valence-electron chi connectivity index (χ3n) is 1.76. The third kappa shape index (κ3) is 2.91. The van der Waals surface area contributed by atoms with Gasteiger partial charge in [0.05, 0.1) is 10.5 Å². The number of benzene rings is 1. The fourth-order valence-corrected chi connectivity index (χ4v) is 1.77. The van der Waals surface area contributed by atoms with Crippen molar-refractivity contribution in [3.8, 4) is 0 Å². The summed E-state index contributed by atoms with van der Waals surface area (Å²) in [5, 5.41) is 10.3. The Morgan fingerprint density at radius 2 is 1.82 bits per heavy atom. The van der Waals surface area contributed by atoms with Crippen molar-refractivity contribution in [1.29, 1.82) is 0 Å². The summed E-state index contributed by atoms with van der Waals surface area (Å²) in [5.74, 6) is 0. The molecule has 10 heteroatoms. The monoisotopic (exact) mass is 271 g/mol. The number of rotatable bonds is 2. The topological polar surface area (TPSA) is 97.5 Å². The molecular weight excluding hydrogens is 267 g/mol. The first-order chi connectivity index (χ1) is 7.53. The summed E-state index contributed by atoms with van der Waals surface area (Å²) >= 11 is 0. The molecule has 0 bridgehead atoms. The van der Waals surface area contributed by atoms with Gasteiger partial charge >= 0.3 is 6.18 Å². The summed E-state index contributed by atoms with van der Waals surface area (Å²) in [6, 6.07) is 0.928. The minimum absolute atomic E-state index is 0.0447. The molecule has 0 aromatic heterocycles. The van der Waals surface area contributed by atoms with E-state index in [0.717, 1.165) is 0 Å². The second kappa shape index (κ2) is 3.96. The van der Waals surface area contributed by atoms with Crippen molar-refractivity contribution in [2.75, 3.05) is 0 Å². The molecule has 0 aliphatic rings. The molecule has 0 radical (unpaired) electrons. The normalized spacial score (nSPS) is 12.5. The van der Waals surface area contributed by atoms with E-state index in [1.54, 1.807) is 0 Å². The quantitative estimate of drug-likeness (QED) is 0.503. The molecule has 0 atom stereocenters. The average molecular weight is 271 g/mol. The zero-order valence-electron chi connectivity index (χ0n) is 7.80. The first-order valence-electron chi connectivity index (χ1n) is 3.86. The van der Waals surface area contributed by atoms with Crippen LogP contribution in [0.1, 0.15) is 5.56 Å². The van der Waals surface area contributed by atoms with Gasteiger partial charge < -0.3 is 0 Å². The Kier molecular flexibility index (Phi) is 3.12. The molecule has 6 nitrogen and oxygen atoms in total. The van der Waals surface area contributed by atoms with E-state index < -0.39 is 37.4 Å². The molecule has 0 fully saturated rings. The highest BCUT2D eigenvalue weighted by Gasteiger charge is 2.38. The lowest BCUT2D eigenvalue weighted by Crippen LogP contribution is -2.13. The Morgan fingerprint density at radius 3 is 2.18 bits per heavy atom. The van der Waals surface area contributed by atoms with Gasteiger partial charge in [-0.3, -0.25) is 14.7 Å². The molecule has 0 unspecified atom stereocenters. The van der Waals surface area contributed by atoms with Gasteiger partial charge in [0, 0.05) is 12.1 Å². The summed E-state index contributed by atoms with van der Waals surface area (Å²) < 4.78 is 67.2. The molecular formula is C7H4F3NO5S. The van der Waals surface area contributed by atoms with E-state index >= 15 is 0 Å². The predicted octanol–water partition coefficient (Wildman–Crippen LogP) is 1.86. The maximum Gasteiger partial charge on any atom is 0.418 e. The molecule has 0 amide bonds. The van der Waals surface area contributed by atoms with Gasteiger partial charge in [0.2, 0.25) is 0 Å². The number of hydrogen-bond donors (Lipinski definition) is 1. The summed E-state index contributed by atoms with van der Waals surface area (Å²) in [6.45, 7) is 0. The van der Waals surface area contributed by atoms with Gasteiger partial charge in [0.25, 0.3) is 15.8 Å². The first-order valence-corrected chi connectivity index (χ1v) is 5.30. The largest absolute Gasteiger partial charge is 0.418 e. The molecule has 17 heavy (non-hydrogen) atoms. The van der Waals surface area contributed by atoms with Gasteiger partial charge in [0.1, 0.15) is 4.90 Å². The van der Waals surface area contributed by atoms with Gasteiger partial charge in [0.15, 0.2) is 0 Å². The Morgan fingerprint density at radius 1 is 1.29 bits per heavy atom. The fourth-order valence-electron chi connectivity index (χ4n) is 1.08. The minimum Gasteiger partial charge on any atom is -0.282 e. The molecule has 1 N–H and O–H groups in total. The van der Waals surface area contributed by atoms with E-state index in [4.69, 9.17) is 4.55 Å². The van der Waals surface area contributed by atoms with Crippen molar-refractivity contribution >= 4 is 15.8 Å². The third-order valence-corrected chi connectivity index (χ3v) is 2.67. The number of nitrogens with zero attached hydrogens (tertiary/aromatic N) is 1. The number of alkyl halides is 3. The zero-order valence-corrected chi connectivity index (χ0v) is 8.62. The summed E-state index contributed by atoms with van der Waals surface area (Å²) in [4.78, 5) is 7.74. The Hall–Kier alpha value is -1.68. The molecule has 1 aromatic rings. The molecule has 0 aliphatic heterocycles. The van der Waals surface area contributed by atoms with Crippen molar-refractivity contribution in [3.63, 3.8) is 0 Å². The smallest absolute Gasteiger partial charge is 0.282 e. The van der Waals surface area contributed by atoms with Crippen LogP contribution in [0.4, 0.5) is 18.9 Å². The molecule has 0 heterocycles. The SMILES string of the molecule is O=[N+]([O-])c1ccc(S(=O)(=O)O)c(C(F)(F)F)c1. The number of hydrogen-bond acceptors (Lipinski definition) is 4. The lowest BCUT2D eigenvalue weighted by molar-refractivity contribution is -0.385. The molecule has 94 valence electrons. The van der Waals surface area contributed by atoms with Gasteiger partial charge in [-0.2, -0.15) is 21.6 Å². The molecule has 0 spiro atoms. The van der Waals surface area contributed by atoms with Crippen LogP contribution in [0.5, 0.6) is 0 Å². The highest BCUT2D eigenvalue weighted by molar-refractivity contribution is 7.85. The maximum absolute atomic E-state index is 12.4. The Balaban J connectivity index is 3.60. The summed E-state index contributed by atoms with van der Waals surface area (Å²) in [5.41, 5.74) is -2.71. The number of non-ortho nitro benzene ring substituents is 1. The lowest BCUT2D eigenvalue weighted by Gasteiger charge is -2.10. The Bertz CT molecular complexity index is 565. The summed E-state index contributed by atoms with van der Waals surface area (Å²) in [6.07, 6.45) is -5.13. The first kappa shape index (κ1) is 13.4. The minimum atomic E-state index is -5.13. The van der Waals surface area contributed by atoms with Gasteiger partial charge in [-0.15, -0.1) is 0 Å². The standard InChI is InChI=1S/C7H4F3NO5S/c8-7(9,10)5-3-4(11(12)13)1-2-6(5)17(14,15)16/h1-3H,(H,14,15,16). The van der Waals surface area contributed by atoms with Crippen molar-refractivity contribution < 1.29 is 31.1 Å². The van der Waals surface area contributed by atoms with Crippen LogP contribution in [0.2, 0.25) is 0 Å². The van der Waals surface area contributed by atoms with Crippen LogP contribution >= 0.6 is 0 Å². The maximum atomic E-state index is 12.4. The zero-order chi connectivity index (χ0) is 13.4. The van der Waals surface area contributed by atoms with E-state index in [2.05, 4.69) is 0 Å². The van der Waals surface area contributed by atoms with Gasteiger partial charge in [-0.1, -0.05) is 0 Å². The highest BCUT2D eigenvalue weighted by Crippen LogP contribution is 2.36. The summed E-state index contributed by atoms with van der Waals surface area (Å²) in [7, 11) is -5.10. The molecule has 1 aromatic carbocycles. The van der Waals surface area contributed by atoms with E-state index in [0.29, 0.717) is 12.1 Å². The van der Waals surface area contributed by atoms with Crippen LogP contribution in [0.15, 0.2) is 23.1 Å². The van der Waals surface area contributed by atoms with Crippen molar-refractivity contribution in [2.24, 2.45) is 0 Å². The van der Waals surface area contributed by atoms with E-state index in [9.17, 15) is 31.7 Å². The molecule has 1 rings (SSSR count). The van der Waals surface area contributed by atoms with Gasteiger partial charge in [-0.25, -0.2) is 0 Å². The van der Waals surface area contributed by atoms with E-state index in [1.165, 1.54) is 0 Å². The van der Waals surface area contributed by atoms with Crippen LogP contribution in [0.3, 0.4) is 0 Å². The second-order valence-corrected chi connectivity index (χ2v) is 4.30. The Labute approximate surface area is 92.6 Å². The van der Waals surface area contributed by atoms with Crippen LogP contribution in [-0.2, 0) is 16.3 Å². The highest BCUT2D eigenvalue weighted by atomic mass is 32.2. The van der Waals surface area contributed by atoms with Crippen LogP contribution in [0.25, 0.3) is 0 Å². The van der Waals surface area contributed by atoms with Crippen LogP contribution in [-0.4, -0.2) is 17.9 Å². The molecule has 0 aliphatic carbocycles. The van der Waals surface area contributed by atoms with Crippen molar-refractivity contribution in [2.45, 2.75) is 11.1 Å². The number of halogens is 3. The molecule has 0 saturated carbocycles. The van der Waals surface area contributed by atoms with Crippen molar-refractivity contribution in [1.82, 2.24) is 0 Å². The average Bonchev–Trinajstić information content (AvgIpc) is 2.14. The number of nitro benzene ring substituents is 1. The number of nitro groups is 1. The van der Waals surface area contributed by atoms with Gasteiger partial charge in [-0.05, 0) is 6.07 Å². The van der Waals surface area contributed by atoms with Crippen LogP contribution < -0.4 is 0 Å². The fraction of sp³-hybridized carbons (Fsp3) is 0.143. The van der Waals surface area contributed by atoms with E-state index in [-0.39, 0.29) is 6.07 Å². The molecule has 0 saturated heterocycles. The van der Waals surface area contributed by atoms with Crippen molar-refractivity contribution in [3.05, 3.63) is 33.9 Å². The van der Waals surface area contributed by atoms with E-state index in [1.807, 2.05) is 0 Å². The van der Waals surface area contributed by atoms with Crippen LogP contribution in [0, 0.1) is 10.1 Å². The lowest BCUT2D eigenvalue weighted by atomic mass is 10.2. The second-order valence-electron chi connectivity index (χ2n) is 2.91. The predicted molar refractivity (Wildman–Crippen MR) is 47.9 cm³/mol.